The molecule has 2 atom stereocenters. The Bertz CT molecular complexity index is 1170. The van der Waals surface area contributed by atoms with Crippen LogP contribution in [-0.2, 0) is 4.79 Å². The van der Waals surface area contributed by atoms with Gasteiger partial charge in [0.25, 0.3) is 0 Å². The van der Waals surface area contributed by atoms with Gasteiger partial charge in [-0.2, -0.15) is 5.10 Å². The van der Waals surface area contributed by atoms with Crippen molar-refractivity contribution in [3.05, 3.63) is 82.7 Å². The summed E-state index contributed by atoms with van der Waals surface area (Å²) in [5.74, 6) is 1.68. The van der Waals surface area contributed by atoms with Crippen molar-refractivity contribution in [1.29, 1.82) is 0 Å². The van der Waals surface area contributed by atoms with E-state index in [0.29, 0.717) is 13.0 Å². The normalized spacial score (nSPS) is 19.8. The van der Waals surface area contributed by atoms with Crippen molar-refractivity contribution in [2.45, 2.75) is 39.5 Å². The van der Waals surface area contributed by atoms with Gasteiger partial charge < -0.3 is 10.1 Å². The van der Waals surface area contributed by atoms with Crippen LogP contribution in [0.5, 0.6) is 5.75 Å². The Labute approximate surface area is 182 Å². The molecule has 0 radical (unpaired) electrons. The van der Waals surface area contributed by atoms with Gasteiger partial charge in [-0.3, -0.25) is 4.79 Å². The van der Waals surface area contributed by atoms with Crippen LogP contribution in [0.2, 0.25) is 0 Å². The van der Waals surface area contributed by atoms with Crippen LogP contribution in [0.25, 0.3) is 5.69 Å². The average molecular weight is 414 g/mol. The van der Waals surface area contributed by atoms with Crippen LogP contribution in [-0.4, -0.2) is 22.2 Å². The van der Waals surface area contributed by atoms with Crippen LogP contribution in [0.3, 0.4) is 0 Å². The number of allylic oxidation sites excluding steroid dienone is 2. The molecule has 1 N–H and O–H groups in total. The Balaban J connectivity index is 1.75. The topological polar surface area (TPSA) is 56.1 Å². The fourth-order valence-corrected chi connectivity index (χ4v) is 4.89. The number of nitrogens with zero attached hydrogens (tertiary/aromatic N) is 2. The van der Waals surface area contributed by atoms with Crippen molar-refractivity contribution < 1.29 is 9.53 Å². The summed E-state index contributed by atoms with van der Waals surface area (Å²) in [5, 5.41) is 8.48. The molecular weight excluding hydrogens is 386 g/mol. The van der Waals surface area contributed by atoms with E-state index in [1.165, 1.54) is 5.56 Å². The van der Waals surface area contributed by atoms with Gasteiger partial charge in [0.1, 0.15) is 17.4 Å². The summed E-state index contributed by atoms with van der Waals surface area (Å²) in [4.78, 5) is 13.2. The highest BCUT2D eigenvalue weighted by Crippen LogP contribution is 2.50. The summed E-state index contributed by atoms with van der Waals surface area (Å²) < 4.78 is 7.96. The van der Waals surface area contributed by atoms with Crippen LogP contribution in [0, 0.1) is 19.8 Å². The largest absolute Gasteiger partial charge is 0.494 e. The first-order valence-electron chi connectivity index (χ1n) is 11.0. The van der Waals surface area contributed by atoms with E-state index in [0.717, 1.165) is 46.2 Å². The van der Waals surface area contributed by atoms with E-state index in [4.69, 9.17) is 9.84 Å². The predicted octanol–water partition coefficient (Wildman–Crippen LogP) is 5.31. The number of aromatic nitrogens is 2. The van der Waals surface area contributed by atoms with Gasteiger partial charge in [0, 0.05) is 29.2 Å². The predicted molar refractivity (Wildman–Crippen MR) is 122 cm³/mol. The van der Waals surface area contributed by atoms with Gasteiger partial charge in [-0.15, -0.1) is 0 Å². The number of aryl methyl sites for hydroxylation is 2. The first-order chi connectivity index (χ1) is 15.1. The van der Waals surface area contributed by atoms with Crippen molar-refractivity contribution in [3.63, 3.8) is 0 Å². The Morgan fingerprint density at radius 3 is 2.65 bits per heavy atom. The van der Waals surface area contributed by atoms with Crippen molar-refractivity contribution in [2.24, 2.45) is 5.92 Å². The van der Waals surface area contributed by atoms with E-state index in [1.54, 1.807) is 0 Å². The first kappa shape index (κ1) is 19.6. The molecule has 2 heterocycles. The maximum atomic E-state index is 13.2. The number of fused-ring (bicyclic) bond motifs is 2. The molecule has 0 fully saturated rings. The lowest BCUT2D eigenvalue weighted by molar-refractivity contribution is -0.122. The lowest BCUT2D eigenvalue weighted by atomic mass is 9.71. The molecule has 1 aliphatic carbocycles. The van der Waals surface area contributed by atoms with Crippen molar-refractivity contribution in [1.82, 2.24) is 9.78 Å². The van der Waals surface area contributed by atoms with Crippen LogP contribution < -0.4 is 10.1 Å². The zero-order valence-electron chi connectivity index (χ0n) is 18.2. The van der Waals surface area contributed by atoms with E-state index in [9.17, 15) is 4.79 Å². The number of benzene rings is 2. The van der Waals surface area contributed by atoms with E-state index >= 15 is 0 Å². The molecule has 2 aliphatic rings. The highest BCUT2D eigenvalue weighted by Gasteiger charge is 2.44. The number of nitrogens with one attached hydrogen (secondary N) is 1. The zero-order chi connectivity index (χ0) is 21.5. The number of ether oxygens (including phenoxy) is 1. The molecule has 0 bridgehead atoms. The smallest absolute Gasteiger partial charge is 0.143 e. The Morgan fingerprint density at radius 2 is 1.87 bits per heavy atom. The third-order valence-electron chi connectivity index (χ3n) is 6.28. The Hall–Kier alpha value is -3.34. The molecule has 2 aromatic carbocycles. The number of hydrogen-bond acceptors (Lipinski definition) is 4. The highest BCUT2D eigenvalue weighted by molar-refractivity contribution is 5.89. The fourth-order valence-electron chi connectivity index (χ4n) is 4.89. The lowest BCUT2D eigenvalue weighted by Gasteiger charge is -2.37. The summed E-state index contributed by atoms with van der Waals surface area (Å²) in [6.45, 7) is 6.68. The van der Waals surface area contributed by atoms with E-state index in [1.807, 2.05) is 36.7 Å². The number of para-hydroxylation sites is 1. The molecular formula is C26H27N3O2. The summed E-state index contributed by atoms with van der Waals surface area (Å²) in [6.07, 6.45) is 3.52. The maximum absolute atomic E-state index is 13.2. The molecule has 0 amide bonds. The molecule has 0 spiro atoms. The second-order valence-corrected chi connectivity index (χ2v) is 8.31. The molecule has 31 heavy (non-hydrogen) atoms. The molecule has 5 nitrogen and oxygen atoms in total. The molecule has 3 aromatic rings. The van der Waals surface area contributed by atoms with Gasteiger partial charge in [0.2, 0.25) is 0 Å². The van der Waals surface area contributed by atoms with Gasteiger partial charge >= 0.3 is 0 Å². The second-order valence-electron chi connectivity index (χ2n) is 8.31. The number of Topliss-reactive ketones (excluding diaryl/α,β-unsaturated/α-hetero) is 1. The molecule has 5 heteroatoms. The minimum atomic E-state index is -0.239. The standard InChI is InChI=1S/C26H27N3O2/c1-4-31-22-11-6-5-8-19(22)24-23-17(3)28-29(18-14-12-16(2)13-15-18)26(23)27-20-9-7-10-21(30)25(20)24/h5-6,8-9,11-15,24-25,27H,4,7,10H2,1-3H3/t24-,25+/m1/s1. The SMILES string of the molecule is CCOc1ccccc1[C@@H]1c2c(C)nn(-c3ccc(C)cc3)c2NC2=CCCC(=O)[C@H]21. The van der Waals surface area contributed by atoms with Crippen molar-refractivity contribution in [3.8, 4) is 11.4 Å². The number of carbonyl (C=O) groups excluding carboxylic acids is 1. The Morgan fingerprint density at radius 1 is 1.10 bits per heavy atom. The van der Waals surface area contributed by atoms with Gasteiger partial charge in [0.15, 0.2) is 0 Å². The maximum Gasteiger partial charge on any atom is 0.143 e. The summed E-state index contributed by atoms with van der Waals surface area (Å²) in [7, 11) is 0. The van der Waals surface area contributed by atoms with Gasteiger partial charge in [-0.25, -0.2) is 4.68 Å². The van der Waals surface area contributed by atoms with E-state index in [-0.39, 0.29) is 17.6 Å². The Kier molecular flexibility index (Phi) is 4.89. The first-order valence-corrected chi connectivity index (χ1v) is 11.0. The van der Waals surface area contributed by atoms with Gasteiger partial charge in [-0.1, -0.05) is 42.0 Å². The molecule has 1 aromatic heterocycles. The average Bonchev–Trinajstić information content (AvgIpc) is 3.10. The van der Waals surface area contributed by atoms with E-state index < -0.39 is 0 Å². The molecule has 158 valence electrons. The monoisotopic (exact) mass is 413 g/mol. The van der Waals surface area contributed by atoms with Crippen LogP contribution in [0.15, 0.2) is 60.3 Å². The zero-order valence-corrected chi connectivity index (χ0v) is 18.2. The second kappa shape index (κ2) is 7.73. The summed E-state index contributed by atoms with van der Waals surface area (Å²) >= 11 is 0. The van der Waals surface area contributed by atoms with Crippen LogP contribution in [0.1, 0.15) is 48.1 Å². The van der Waals surface area contributed by atoms with Crippen LogP contribution >= 0.6 is 0 Å². The fraction of sp³-hybridized carbons (Fsp3) is 0.308. The number of rotatable bonds is 4. The minimum absolute atomic E-state index is 0.128. The van der Waals surface area contributed by atoms with Crippen molar-refractivity contribution >= 4 is 11.6 Å². The lowest BCUT2D eigenvalue weighted by Crippen LogP contribution is -2.35. The molecule has 5 rings (SSSR count). The van der Waals surface area contributed by atoms with E-state index in [2.05, 4.69) is 48.6 Å². The number of anilines is 1. The number of ketones is 1. The number of hydrogen-bond donors (Lipinski definition) is 1. The summed E-state index contributed by atoms with van der Waals surface area (Å²) in [5.41, 5.74) is 6.24. The van der Waals surface area contributed by atoms with Gasteiger partial charge in [0.05, 0.1) is 23.9 Å². The third-order valence-corrected chi connectivity index (χ3v) is 6.28. The third kappa shape index (κ3) is 3.25. The highest BCUT2D eigenvalue weighted by atomic mass is 16.5. The molecule has 0 saturated heterocycles. The van der Waals surface area contributed by atoms with Crippen molar-refractivity contribution in [2.75, 3.05) is 11.9 Å². The summed E-state index contributed by atoms with van der Waals surface area (Å²) in [6, 6.07) is 16.4. The molecule has 0 unspecified atom stereocenters. The minimum Gasteiger partial charge on any atom is -0.494 e. The molecule has 0 saturated carbocycles. The number of carbonyl (C=O) groups is 1. The molecule has 1 aliphatic heterocycles. The van der Waals surface area contributed by atoms with Gasteiger partial charge in [-0.05, 0) is 45.4 Å². The quantitative estimate of drug-likeness (QED) is 0.630. The van der Waals surface area contributed by atoms with Crippen LogP contribution in [0.4, 0.5) is 5.82 Å².